The lowest BCUT2D eigenvalue weighted by Crippen LogP contribution is -2.49. The summed E-state index contributed by atoms with van der Waals surface area (Å²) in [5.41, 5.74) is 1.97. The number of hydrogen-bond donors (Lipinski definition) is 2. The van der Waals surface area contributed by atoms with E-state index in [0.29, 0.717) is 29.3 Å². The lowest BCUT2D eigenvalue weighted by molar-refractivity contribution is 0.143. The van der Waals surface area contributed by atoms with Gasteiger partial charge in [-0.1, -0.05) is 23.7 Å². The molecule has 2 aromatic rings. The number of nitrogens with one attached hydrogen (secondary N) is 1. The summed E-state index contributed by atoms with van der Waals surface area (Å²) in [6, 6.07) is 8.26. The summed E-state index contributed by atoms with van der Waals surface area (Å²) in [5.74, 6) is 3.95. The molecule has 6 nitrogen and oxygen atoms in total. The first kappa shape index (κ1) is 20.9. The van der Waals surface area contributed by atoms with E-state index in [4.69, 9.17) is 21.6 Å². The van der Waals surface area contributed by atoms with E-state index < -0.39 is 10.8 Å². The highest BCUT2D eigenvalue weighted by molar-refractivity contribution is 7.85. The maximum Gasteiger partial charge on any atom is 0.227 e. The fraction of sp³-hybridized carbons (Fsp3) is 0.583. The molecule has 2 unspecified atom stereocenters. The van der Waals surface area contributed by atoms with E-state index >= 15 is 0 Å². The highest BCUT2D eigenvalue weighted by Crippen LogP contribution is 2.58. The molecule has 1 aromatic heterocycles. The van der Waals surface area contributed by atoms with Crippen molar-refractivity contribution in [3.63, 3.8) is 0 Å². The van der Waals surface area contributed by atoms with Gasteiger partial charge in [-0.2, -0.15) is 4.98 Å². The summed E-state index contributed by atoms with van der Waals surface area (Å²) in [6.45, 7) is 1.97. The van der Waals surface area contributed by atoms with E-state index in [1.165, 1.54) is 5.56 Å². The van der Waals surface area contributed by atoms with E-state index in [-0.39, 0.29) is 12.1 Å². The van der Waals surface area contributed by atoms with Crippen LogP contribution in [0.25, 0.3) is 0 Å². The van der Waals surface area contributed by atoms with Gasteiger partial charge >= 0.3 is 0 Å². The summed E-state index contributed by atoms with van der Waals surface area (Å²) in [5, 5.41) is 14.3. The van der Waals surface area contributed by atoms with Crippen LogP contribution in [0.2, 0.25) is 5.02 Å². The van der Waals surface area contributed by atoms with Gasteiger partial charge in [-0.3, -0.25) is 4.21 Å². The van der Waals surface area contributed by atoms with Gasteiger partial charge in [0.15, 0.2) is 0 Å². The Morgan fingerprint density at radius 1 is 1.12 bits per heavy atom. The largest absolute Gasteiger partial charge is 0.394 e. The first-order valence-electron chi connectivity index (χ1n) is 11.8. The molecule has 4 aliphatic rings. The van der Waals surface area contributed by atoms with Gasteiger partial charge in [0.25, 0.3) is 0 Å². The van der Waals surface area contributed by atoms with E-state index in [1.807, 2.05) is 12.1 Å². The summed E-state index contributed by atoms with van der Waals surface area (Å²) >= 11 is 6.06. The molecular weight excluding hydrogens is 444 g/mol. The Labute approximate surface area is 196 Å². The fourth-order valence-corrected chi connectivity index (χ4v) is 7.31. The van der Waals surface area contributed by atoms with Gasteiger partial charge in [0, 0.05) is 23.9 Å². The number of aromatic nitrogens is 2. The van der Waals surface area contributed by atoms with Gasteiger partial charge in [-0.25, -0.2) is 4.98 Å². The van der Waals surface area contributed by atoms with E-state index in [9.17, 15) is 9.32 Å². The second-order valence-corrected chi connectivity index (χ2v) is 11.8. The zero-order chi connectivity index (χ0) is 21.9. The SMILES string of the molecule is O=[S@]1CCCCc2nc(N3CC4C(C3)C4c3ccc(Cl)cc3)nc(NC3(CO)CCC3)c21. The van der Waals surface area contributed by atoms with Crippen LogP contribution in [0.4, 0.5) is 11.8 Å². The van der Waals surface area contributed by atoms with Gasteiger partial charge in [-0.15, -0.1) is 0 Å². The number of aliphatic hydroxyl groups is 1. The Balaban J connectivity index is 1.27. The quantitative estimate of drug-likeness (QED) is 0.690. The highest BCUT2D eigenvalue weighted by atomic mass is 35.5. The molecule has 0 radical (unpaired) electrons. The zero-order valence-electron chi connectivity index (χ0n) is 18.1. The van der Waals surface area contributed by atoms with Gasteiger partial charge in [0.2, 0.25) is 5.95 Å². The Kier molecular flexibility index (Phi) is 5.19. The normalized spacial score (nSPS) is 30.1. The fourth-order valence-electron chi connectivity index (χ4n) is 5.79. The second kappa shape index (κ2) is 7.96. The smallest absolute Gasteiger partial charge is 0.227 e. The summed E-state index contributed by atoms with van der Waals surface area (Å²) < 4.78 is 13.0. The molecule has 2 N–H and O–H groups in total. The first-order chi connectivity index (χ1) is 15.6. The van der Waals surface area contributed by atoms with E-state index in [2.05, 4.69) is 22.3 Å². The van der Waals surface area contributed by atoms with Crippen molar-refractivity contribution >= 4 is 34.2 Å². The topological polar surface area (TPSA) is 78.4 Å². The summed E-state index contributed by atoms with van der Waals surface area (Å²) in [4.78, 5) is 12.9. The van der Waals surface area contributed by atoms with Gasteiger partial charge in [-0.05, 0) is 74.0 Å². The van der Waals surface area contributed by atoms with Crippen molar-refractivity contribution < 1.29 is 9.32 Å². The molecule has 6 rings (SSSR count). The predicted molar refractivity (Wildman–Crippen MR) is 127 cm³/mol. The number of benzene rings is 1. The lowest BCUT2D eigenvalue weighted by Gasteiger charge is -2.42. The number of anilines is 2. The zero-order valence-corrected chi connectivity index (χ0v) is 19.7. The minimum Gasteiger partial charge on any atom is -0.394 e. The Morgan fingerprint density at radius 3 is 2.53 bits per heavy atom. The molecule has 1 saturated heterocycles. The number of aliphatic hydroxyl groups excluding tert-OH is 1. The third-order valence-corrected chi connectivity index (χ3v) is 9.67. The van der Waals surface area contributed by atoms with Crippen molar-refractivity contribution in [3.8, 4) is 0 Å². The molecule has 3 heterocycles. The van der Waals surface area contributed by atoms with Crippen LogP contribution >= 0.6 is 11.6 Å². The van der Waals surface area contributed by atoms with Gasteiger partial charge in [0.1, 0.15) is 10.7 Å². The van der Waals surface area contributed by atoms with Gasteiger partial charge < -0.3 is 15.3 Å². The highest BCUT2D eigenvalue weighted by Gasteiger charge is 2.56. The Hall–Kier alpha value is -1.70. The number of nitrogens with zero attached hydrogens (tertiary/aromatic N) is 3. The maximum absolute atomic E-state index is 13.0. The van der Waals surface area contributed by atoms with Crippen LogP contribution in [0.15, 0.2) is 29.2 Å². The molecule has 1 aromatic carbocycles. The van der Waals surface area contributed by atoms with Crippen LogP contribution < -0.4 is 10.2 Å². The number of halogens is 1. The van der Waals surface area contributed by atoms with Crippen LogP contribution in [0.1, 0.15) is 49.3 Å². The number of aryl methyl sites for hydroxylation is 1. The number of fused-ring (bicyclic) bond motifs is 2. The summed E-state index contributed by atoms with van der Waals surface area (Å²) in [7, 11) is -1.10. The van der Waals surface area contributed by atoms with Crippen LogP contribution in [-0.4, -0.2) is 50.3 Å². The molecule has 170 valence electrons. The number of hydrogen-bond acceptors (Lipinski definition) is 6. The van der Waals surface area contributed by atoms with Crippen molar-refractivity contribution in [1.29, 1.82) is 0 Å². The Bertz CT molecular complexity index is 1040. The van der Waals surface area contributed by atoms with Crippen molar-refractivity contribution in [1.82, 2.24) is 9.97 Å². The standard InChI is InChI=1S/C24H29ClN4O2S/c25-16-7-5-15(6-8-16)20-17-12-29(13-18(17)20)23-26-19-4-1-2-11-32(31)21(19)22(27-23)28-24(14-30)9-3-10-24/h5-8,17-18,20,30H,1-4,9-14H2,(H,26,27,28)/t17?,18?,20?,32-/m0/s1. The average Bonchev–Trinajstić information content (AvgIpc) is 3.33. The molecule has 32 heavy (non-hydrogen) atoms. The molecular formula is C24H29ClN4O2S. The van der Waals surface area contributed by atoms with Crippen LogP contribution in [0, 0.1) is 11.8 Å². The molecule has 3 atom stereocenters. The third-order valence-electron chi connectivity index (χ3n) is 7.87. The maximum atomic E-state index is 13.0. The average molecular weight is 473 g/mol. The Morgan fingerprint density at radius 2 is 1.88 bits per heavy atom. The predicted octanol–water partition coefficient (Wildman–Crippen LogP) is 3.75. The third kappa shape index (κ3) is 3.53. The minimum absolute atomic E-state index is 0.0738. The van der Waals surface area contributed by atoms with Crippen LogP contribution in [0.3, 0.4) is 0 Å². The van der Waals surface area contributed by atoms with Crippen LogP contribution in [-0.2, 0) is 17.2 Å². The minimum atomic E-state index is -1.10. The molecule has 0 bridgehead atoms. The first-order valence-corrected chi connectivity index (χ1v) is 13.5. The molecule has 3 fully saturated rings. The van der Waals surface area contributed by atoms with E-state index in [0.717, 1.165) is 73.2 Å². The van der Waals surface area contributed by atoms with Crippen molar-refractivity contribution in [2.45, 2.75) is 54.9 Å². The lowest BCUT2D eigenvalue weighted by atomic mass is 9.77. The van der Waals surface area contributed by atoms with Gasteiger partial charge in [0.05, 0.1) is 28.6 Å². The molecule has 0 spiro atoms. The number of piperidine rings is 1. The van der Waals surface area contributed by atoms with Crippen molar-refractivity contribution in [3.05, 3.63) is 40.5 Å². The molecule has 8 heteroatoms. The van der Waals surface area contributed by atoms with Crippen molar-refractivity contribution in [2.24, 2.45) is 11.8 Å². The second-order valence-electron chi connectivity index (χ2n) is 9.88. The molecule has 2 aliphatic carbocycles. The monoisotopic (exact) mass is 472 g/mol. The van der Waals surface area contributed by atoms with E-state index in [1.54, 1.807) is 0 Å². The van der Waals surface area contributed by atoms with Crippen LogP contribution in [0.5, 0.6) is 0 Å². The molecule has 2 saturated carbocycles. The summed E-state index contributed by atoms with van der Waals surface area (Å²) in [6.07, 6.45) is 5.72. The number of rotatable bonds is 5. The molecule has 0 amide bonds. The van der Waals surface area contributed by atoms with Crippen molar-refractivity contribution in [2.75, 3.05) is 35.7 Å². The molecule has 2 aliphatic heterocycles.